The summed E-state index contributed by atoms with van der Waals surface area (Å²) in [7, 11) is 0. The van der Waals surface area contributed by atoms with Crippen LogP contribution in [-0.4, -0.2) is 88.9 Å². The molecule has 0 radical (unpaired) electrons. The highest BCUT2D eigenvalue weighted by Gasteiger charge is 2.24. The number of unbranched alkanes of at least 4 members (excludes halogenated alkanes) is 2. The first-order chi connectivity index (χ1) is 17.4. The monoisotopic (exact) mass is 528 g/mol. The molecule has 2 aliphatic heterocycles. The van der Waals surface area contributed by atoms with Gasteiger partial charge in [-0.3, -0.25) is 19.6 Å². The van der Waals surface area contributed by atoms with Crippen molar-refractivity contribution in [2.24, 2.45) is 0 Å². The molecule has 12 N–H and O–H groups in total. The normalized spacial score (nSPS) is 13.1. The van der Waals surface area contributed by atoms with Gasteiger partial charge in [0.25, 0.3) is 11.1 Å². The molecule has 0 bridgehead atoms. The lowest BCUT2D eigenvalue weighted by atomic mass is 10.3. The minimum atomic E-state index is -0.278. The molecule has 208 valence electrons. The van der Waals surface area contributed by atoms with Gasteiger partial charge in [-0.1, -0.05) is 0 Å². The molecule has 17 heteroatoms. The van der Waals surface area contributed by atoms with E-state index in [1.807, 2.05) is 0 Å². The second-order valence-corrected chi connectivity index (χ2v) is 7.99. The molecule has 17 nitrogen and oxygen atoms in total. The molecule has 0 saturated carbocycles. The molecule has 4 heterocycles. The number of anilines is 6. The van der Waals surface area contributed by atoms with Gasteiger partial charge in [-0.25, -0.2) is 0 Å². The summed E-state index contributed by atoms with van der Waals surface area (Å²) < 4.78 is 10.9. The predicted molar refractivity (Wildman–Crippen MR) is 138 cm³/mol. The summed E-state index contributed by atoms with van der Waals surface area (Å²) in [6, 6.07) is 0. The fourth-order valence-corrected chi connectivity index (χ4v) is 3.43. The molecule has 0 atom stereocenters. The number of aliphatic hydroxyl groups is 2. The van der Waals surface area contributed by atoms with E-state index in [4.69, 9.17) is 31.2 Å². The van der Waals surface area contributed by atoms with Crippen molar-refractivity contribution in [1.29, 1.82) is 0 Å². The minimum absolute atomic E-state index is 0. The molecular formula is C20H36N10O7. The summed E-state index contributed by atoms with van der Waals surface area (Å²) in [4.78, 5) is 39.7. The van der Waals surface area contributed by atoms with Crippen LogP contribution in [0.25, 0.3) is 0 Å². The molecule has 0 aliphatic carbocycles. The maximum absolute atomic E-state index is 11.6. The number of hydrogen-bond acceptors (Lipinski definition) is 14. The van der Waals surface area contributed by atoms with Crippen molar-refractivity contribution in [3.63, 3.8) is 0 Å². The van der Waals surface area contributed by atoms with Crippen molar-refractivity contribution in [3.8, 4) is 0 Å². The maximum atomic E-state index is 11.6. The van der Waals surface area contributed by atoms with Gasteiger partial charge in [0.15, 0.2) is 11.6 Å². The third-order valence-corrected chi connectivity index (χ3v) is 5.22. The smallest absolute Gasteiger partial charge is 0.277 e. The number of fused-ring (bicyclic) bond motifs is 2. The first kappa shape index (κ1) is 29.6. The SMILES string of the molecule is Nc1nc2c(c(=O)[nH]1)NCN2COCCCCO.Nc1nc2c(c(=O)[nH]1)NCN2COCCCCO.O. The summed E-state index contributed by atoms with van der Waals surface area (Å²) in [5, 5.41) is 23.1. The van der Waals surface area contributed by atoms with Crippen LogP contribution in [0.1, 0.15) is 25.7 Å². The molecule has 4 rings (SSSR count). The van der Waals surface area contributed by atoms with E-state index in [9.17, 15) is 9.59 Å². The van der Waals surface area contributed by atoms with Gasteiger partial charge >= 0.3 is 0 Å². The second kappa shape index (κ2) is 14.8. The predicted octanol–water partition coefficient (Wildman–Crippen LogP) is -2.25. The van der Waals surface area contributed by atoms with Gasteiger partial charge < -0.3 is 57.1 Å². The second-order valence-electron chi connectivity index (χ2n) is 7.99. The Balaban J connectivity index is 0.000000253. The van der Waals surface area contributed by atoms with E-state index >= 15 is 0 Å². The van der Waals surface area contributed by atoms with E-state index < -0.39 is 0 Å². The summed E-state index contributed by atoms with van der Waals surface area (Å²) >= 11 is 0. The van der Waals surface area contributed by atoms with Crippen molar-refractivity contribution in [1.82, 2.24) is 19.9 Å². The van der Waals surface area contributed by atoms with Crippen molar-refractivity contribution >= 4 is 34.9 Å². The van der Waals surface area contributed by atoms with E-state index in [1.165, 1.54) is 0 Å². The van der Waals surface area contributed by atoms with Crippen LogP contribution in [-0.2, 0) is 9.47 Å². The van der Waals surface area contributed by atoms with Gasteiger partial charge in [0.05, 0.1) is 13.3 Å². The van der Waals surface area contributed by atoms with Crippen LogP contribution >= 0.6 is 0 Å². The maximum Gasteiger partial charge on any atom is 0.277 e. The van der Waals surface area contributed by atoms with Crippen molar-refractivity contribution in [2.75, 3.05) is 85.1 Å². The van der Waals surface area contributed by atoms with Gasteiger partial charge in [0, 0.05) is 26.4 Å². The van der Waals surface area contributed by atoms with Crippen LogP contribution in [0.3, 0.4) is 0 Å². The third kappa shape index (κ3) is 8.19. The lowest BCUT2D eigenvalue weighted by molar-refractivity contribution is 0.126. The average Bonchev–Trinajstić information content (AvgIpc) is 3.44. The fourth-order valence-electron chi connectivity index (χ4n) is 3.43. The number of nitrogen functional groups attached to an aromatic ring is 2. The Bertz CT molecular complexity index is 1010. The molecule has 0 amide bonds. The van der Waals surface area contributed by atoms with Gasteiger partial charge in [-0.2, -0.15) is 9.97 Å². The number of aliphatic hydroxyl groups excluding tert-OH is 2. The summed E-state index contributed by atoms with van der Waals surface area (Å²) in [5.41, 5.74) is 11.3. The van der Waals surface area contributed by atoms with Crippen LogP contribution in [0.2, 0.25) is 0 Å². The topological polar surface area (TPSA) is 264 Å². The lowest BCUT2D eigenvalue weighted by Crippen LogP contribution is -2.26. The number of hydrogen-bond donors (Lipinski definition) is 8. The van der Waals surface area contributed by atoms with Crippen molar-refractivity contribution < 1.29 is 25.2 Å². The molecular weight excluding hydrogens is 492 g/mol. The first-order valence-electron chi connectivity index (χ1n) is 11.6. The number of H-pyrrole nitrogens is 2. The van der Waals surface area contributed by atoms with E-state index in [2.05, 4.69) is 30.6 Å². The Morgan fingerprint density at radius 2 is 1.16 bits per heavy atom. The Labute approximate surface area is 212 Å². The standard InChI is InChI=1S/2C10H17N5O3.H2O/c2*11-10-13-8-7(9(17)14-10)12-5-15(8)6-18-4-2-1-3-16;/h2*12,16H,1-6H2,(H3,11,13,14,17);1H2. The molecule has 2 aromatic rings. The van der Waals surface area contributed by atoms with Crippen LogP contribution in [0, 0.1) is 0 Å². The zero-order valence-corrected chi connectivity index (χ0v) is 20.5. The Morgan fingerprint density at radius 1 is 0.757 bits per heavy atom. The first-order valence-corrected chi connectivity index (χ1v) is 11.6. The number of aromatic amines is 2. The molecule has 2 aliphatic rings. The van der Waals surface area contributed by atoms with Gasteiger partial charge in [0.1, 0.15) is 24.8 Å². The number of nitrogens with one attached hydrogen (secondary N) is 4. The quantitative estimate of drug-likeness (QED) is 0.135. The minimum Gasteiger partial charge on any atom is -0.412 e. The molecule has 0 unspecified atom stereocenters. The van der Waals surface area contributed by atoms with E-state index in [0.717, 1.165) is 25.7 Å². The number of ether oxygens (including phenoxy) is 2. The number of nitrogens with zero attached hydrogens (tertiary/aromatic N) is 4. The zero-order valence-electron chi connectivity index (χ0n) is 20.5. The highest BCUT2D eigenvalue weighted by atomic mass is 16.5. The summed E-state index contributed by atoms with van der Waals surface area (Å²) in [5.74, 6) is 1.21. The Hall–Kier alpha value is -3.64. The van der Waals surface area contributed by atoms with Gasteiger partial charge in [0.2, 0.25) is 11.9 Å². The number of rotatable bonds is 12. The highest BCUT2D eigenvalue weighted by molar-refractivity contribution is 5.71. The average molecular weight is 529 g/mol. The fraction of sp³-hybridized carbons (Fsp3) is 0.600. The van der Waals surface area contributed by atoms with Crippen molar-refractivity contribution in [2.45, 2.75) is 25.7 Å². The number of aromatic nitrogens is 4. The molecule has 2 aromatic heterocycles. The van der Waals surface area contributed by atoms with Crippen molar-refractivity contribution in [3.05, 3.63) is 20.7 Å². The van der Waals surface area contributed by atoms with Crippen LogP contribution in [0.15, 0.2) is 9.59 Å². The van der Waals surface area contributed by atoms with Crippen LogP contribution < -0.4 is 43.0 Å². The van der Waals surface area contributed by atoms with Gasteiger partial charge in [-0.05, 0) is 25.7 Å². The molecule has 0 spiro atoms. The zero-order chi connectivity index (χ0) is 25.9. The van der Waals surface area contributed by atoms with Crippen LogP contribution in [0.5, 0.6) is 0 Å². The number of nitrogens with two attached hydrogens (primary N) is 2. The third-order valence-electron chi connectivity index (χ3n) is 5.22. The van der Waals surface area contributed by atoms with Crippen LogP contribution in [0.4, 0.5) is 34.9 Å². The van der Waals surface area contributed by atoms with E-state index in [0.29, 0.717) is 63.0 Å². The van der Waals surface area contributed by atoms with Gasteiger partial charge in [-0.15, -0.1) is 0 Å². The molecule has 0 aromatic carbocycles. The highest BCUT2D eigenvalue weighted by Crippen LogP contribution is 2.26. The van der Waals surface area contributed by atoms with E-state index in [-0.39, 0.29) is 41.7 Å². The lowest BCUT2D eigenvalue weighted by Gasteiger charge is -2.16. The summed E-state index contributed by atoms with van der Waals surface area (Å²) in [6.07, 6.45) is 3.05. The molecule has 0 fully saturated rings. The molecule has 37 heavy (non-hydrogen) atoms. The Morgan fingerprint density at radius 3 is 1.54 bits per heavy atom. The Kier molecular flexibility index (Phi) is 11.8. The molecule has 0 saturated heterocycles. The largest absolute Gasteiger partial charge is 0.412 e. The summed E-state index contributed by atoms with van der Waals surface area (Å²) in [6.45, 7) is 3.07. The van der Waals surface area contributed by atoms with E-state index in [1.54, 1.807) is 9.80 Å².